The second-order valence-electron chi connectivity index (χ2n) is 4.40. The number of halogens is 1. The summed E-state index contributed by atoms with van der Waals surface area (Å²) in [5, 5.41) is 10.7. The SMILES string of the molecule is Cc1cc(OCC(=O)c2ccccc2F)ccc1[N+](=O)[O-]. The van der Waals surface area contributed by atoms with Crippen molar-refractivity contribution >= 4 is 11.5 Å². The van der Waals surface area contributed by atoms with Crippen LogP contribution in [-0.2, 0) is 0 Å². The van der Waals surface area contributed by atoms with Crippen LogP contribution in [0.3, 0.4) is 0 Å². The van der Waals surface area contributed by atoms with Crippen LogP contribution in [-0.4, -0.2) is 17.3 Å². The molecule has 0 aromatic heterocycles. The molecule has 0 heterocycles. The molecular formula is C15H12FNO4. The Labute approximate surface area is 120 Å². The summed E-state index contributed by atoms with van der Waals surface area (Å²) in [6.45, 7) is 1.24. The van der Waals surface area contributed by atoms with E-state index in [2.05, 4.69) is 0 Å². The second kappa shape index (κ2) is 6.13. The van der Waals surface area contributed by atoms with Crippen LogP contribution in [0.25, 0.3) is 0 Å². The number of carbonyl (C=O) groups excluding carboxylic acids is 1. The Kier molecular flexibility index (Phi) is 4.27. The lowest BCUT2D eigenvalue weighted by molar-refractivity contribution is -0.385. The highest BCUT2D eigenvalue weighted by atomic mass is 19.1. The maximum atomic E-state index is 13.4. The van der Waals surface area contributed by atoms with E-state index in [9.17, 15) is 19.3 Å². The summed E-state index contributed by atoms with van der Waals surface area (Å²) in [5.41, 5.74) is 0.356. The number of nitro groups is 1. The lowest BCUT2D eigenvalue weighted by Gasteiger charge is -2.07. The summed E-state index contributed by atoms with van der Waals surface area (Å²) >= 11 is 0. The van der Waals surface area contributed by atoms with Crippen LogP contribution in [0.5, 0.6) is 5.75 Å². The fourth-order valence-electron chi connectivity index (χ4n) is 1.84. The van der Waals surface area contributed by atoms with Gasteiger partial charge < -0.3 is 4.74 Å². The van der Waals surface area contributed by atoms with Crippen LogP contribution in [0.15, 0.2) is 42.5 Å². The molecule has 0 saturated carbocycles. The molecule has 0 bridgehead atoms. The average Bonchev–Trinajstić information content (AvgIpc) is 2.45. The summed E-state index contributed by atoms with van der Waals surface area (Å²) < 4.78 is 18.7. The molecule has 108 valence electrons. The van der Waals surface area contributed by atoms with Crippen molar-refractivity contribution in [3.63, 3.8) is 0 Å². The predicted octanol–water partition coefficient (Wildman–Crippen LogP) is 3.30. The molecule has 21 heavy (non-hydrogen) atoms. The van der Waals surface area contributed by atoms with Crippen molar-refractivity contribution in [2.24, 2.45) is 0 Å². The van der Waals surface area contributed by atoms with Gasteiger partial charge in [0, 0.05) is 11.6 Å². The Morgan fingerprint density at radius 1 is 1.29 bits per heavy atom. The van der Waals surface area contributed by atoms with Crippen molar-refractivity contribution in [1.29, 1.82) is 0 Å². The number of hydrogen-bond donors (Lipinski definition) is 0. The molecule has 0 spiro atoms. The van der Waals surface area contributed by atoms with Gasteiger partial charge in [-0.1, -0.05) is 12.1 Å². The van der Waals surface area contributed by atoms with Crippen LogP contribution in [0.4, 0.5) is 10.1 Å². The summed E-state index contributed by atoms with van der Waals surface area (Å²) in [6, 6.07) is 9.80. The number of ketones is 1. The minimum atomic E-state index is -0.606. The van der Waals surface area contributed by atoms with Gasteiger partial charge in [0.15, 0.2) is 6.61 Å². The smallest absolute Gasteiger partial charge is 0.272 e. The van der Waals surface area contributed by atoms with Crippen LogP contribution in [0.2, 0.25) is 0 Å². The Hall–Kier alpha value is -2.76. The molecule has 0 fully saturated rings. The van der Waals surface area contributed by atoms with Gasteiger partial charge in [0.25, 0.3) is 5.69 Å². The van der Waals surface area contributed by atoms with Gasteiger partial charge in [-0.25, -0.2) is 4.39 Å². The van der Waals surface area contributed by atoms with Crippen LogP contribution >= 0.6 is 0 Å². The second-order valence-corrected chi connectivity index (χ2v) is 4.40. The van der Waals surface area contributed by atoms with Crippen molar-refractivity contribution in [1.82, 2.24) is 0 Å². The van der Waals surface area contributed by atoms with E-state index in [0.717, 1.165) is 0 Å². The minimum absolute atomic E-state index is 0.0252. The lowest BCUT2D eigenvalue weighted by Crippen LogP contribution is -2.13. The van der Waals surface area contributed by atoms with Crippen LogP contribution in [0, 0.1) is 22.9 Å². The first-order chi connectivity index (χ1) is 9.99. The minimum Gasteiger partial charge on any atom is -0.485 e. The number of carbonyl (C=O) groups is 1. The number of nitrogens with zero attached hydrogens (tertiary/aromatic N) is 1. The number of nitro benzene ring substituents is 1. The first kappa shape index (κ1) is 14.6. The van der Waals surface area contributed by atoms with Crippen molar-refractivity contribution in [2.75, 3.05) is 6.61 Å². The van der Waals surface area contributed by atoms with Crippen molar-refractivity contribution in [3.05, 3.63) is 69.5 Å². The summed E-state index contributed by atoms with van der Waals surface area (Å²) in [7, 11) is 0. The fraction of sp³-hybridized carbons (Fsp3) is 0.133. The molecule has 0 aliphatic rings. The van der Waals surface area contributed by atoms with Crippen molar-refractivity contribution < 1.29 is 18.8 Å². The van der Waals surface area contributed by atoms with Gasteiger partial charge in [-0.3, -0.25) is 14.9 Å². The predicted molar refractivity (Wildman–Crippen MR) is 74.1 cm³/mol. The Bertz CT molecular complexity index is 700. The zero-order chi connectivity index (χ0) is 15.4. The average molecular weight is 289 g/mol. The van der Waals surface area contributed by atoms with Crippen LogP contribution in [0.1, 0.15) is 15.9 Å². The number of rotatable bonds is 5. The third kappa shape index (κ3) is 3.42. The summed E-state index contributed by atoms with van der Waals surface area (Å²) in [5.74, 6) is -0.780. The lowest BCUT2D eigenvalue weighted by atomic mass is 10.1. The maximum Gasteiger partial charge on any atom is 0.272 e. The highest BCUT2D eigenvalue weighted by molar-refractivity contribution is 5.97. The van der Waals surface area contributed by atoms with E-state index in [1.165, 1.54) is 36.4 Å². The van der Waals surface area contributed by atoms with Crippen LogP contribution < -0.4 is 4.74 Å². The fourth-order valence-corrected chi connectivity index (χ4v) is 1.84. The molecule has 2 aromatic carbocycles. The molecule has 2 rings (SSSR count). The number of Topliss-reactive ketones (excluding diaryl/α,β-unsaturated/α-hetero) is 1. The number of hydrogen-bond acceptors (Lipinski definition) is 4. The molecular weight excluding hydrogens is 277 g/mol. The Balaban J connectivity index is 2.07. The van der Waals surface area contributed by atoms with E-state index in [1.807, 2.05) is 0 Å². The Morgan fingerprint density at radius 2 is 2.00 bits per heavy atom. The van der Waals surface area contributed by atoms with Crippen molar-refractivity contribution in [3.8, 4) is 5.75 Å². The van der Waals surface area contributed by atoms with Gasteiger partial charge in [-0.2, -0.15) is 0 Å². The molecule has 2 aromatic rings. The van der Waals surface area contributed by atoms with E-state index in [4.69, 9.17) is 4.74 Å². The number of ether oxygens (including phenoxy) is 1. The molecule has 0 saturated heterocycles. The molecule has 0 unspecified atom stereocenters. The van der Waals surface area contributed by atoms with E-state index >= 15 is 0 Å². The molecule has 0 aliphatic carbocycles. The highest BCUT2D eigenvalue weighted by Gasteiger charge is 2.14. The number of aryl methyl sites for hydroxylation is 1. The normalized spacial score (nSPS) is 10.2. The molecule has 6 heteroatoms. The third-order valence-electron chi connectivity index (χ3n) is 2.91. The zero-order valence-corrected chi connectivity index (χ0v) is 11.2. The molecule has 0 atom stereocenters. The molecule has 5 nitrogen and oxygen atoms in total. The number of benzene rings is 2. The van der Waals surface area contributed by atoms with Gasteiger partial charge in [0.2, 0.25) is 5.78 Å². The van der Waals surface area contributed by atoms with Gasteiger partial charge in [0.1, 0.15) is 11.6 Å². The van der Waals surface area contributed by atoms with Crippen molar-refractivity contribution in [2.45, 2.75) is 6.92 Å². The first-order valence-electron chi connectivity index (χ1n) is 6.14. The molecule has 0 radical (unpaired) electrons. The summed E-state index contributed by atoms with van der Waals surface area (Å²) in [6.07, 6.45) is 0. The molecule has 0 amide bonds. The largest absolute Gasteiger partial charge is 0.485 e. The highest BCUT2D eigenvalue weighted by Crippen LogP contribution is 2.23. The van der Waals surface area contributed by atoms with E-state index in [0.29, 0.717) is 11.3 Å². The van der Waals surface area contributed by atoms with Gasteiger partial charge in [-0.15, -0.1) is 0 Å². The van der Waals surface area contributed by atoms with E-state index in [1.54, 1.807) is 13.0 Å². The summed E-state index contributed by atoms with van der Waals surface area (Å²) in [4.78, 5) is 22.0. The molecule has 0 aliphatic heterocycles. The maximum absolute atomic E-state index is 13.4. The van der Waals surface area contributed by atoms with Gasteiger partial charge in [-0.05, 0) is 31.2 Å². The quantitative estimate of drug-likeness (QED) is 0.481. The van der Waals surface area contributed by atoms with E-state index < -0.39 is 16.5 Å². The van der Waals surface area contributed by atoms with Gasteiger partial charge >= 0.3 is 0 Å². The topological polar surface area (TPSA) is 69.4 Å². The third-order valence-corrected chi connectivity index (χ3v) is 2.91. The van der Waals surface area contributed by atoms with E-state index in [-0.39, 0.29) is 17.9 Å². The zero-order valence-electron chi connectivity index (χ0n) is 11.2. The monoisotopic (exact) mass is 289 g/mol. The van der Waals surface area contributed by atoms with Gasteiger partial charge in [0.05, 0.1) is 10.5 Å². The molecule has 0 N–H and O–H groups in total. The first-order valence-corrected chi connectivity index (χ1v) is 6.14. The standard InChI is InChI=1S/C15H12FNO4/c1-10-8-11(6-7-14(10)17(19)20)21-9-15(18)12-4-2-3-5-13(12)16/h2-8H,9H2,1H3. The Morgan fingerprint density at radius 3 is 2.62 bits per heavy atom.